The lowest BCUT2D eigenvalue weighted by Gasteiger charge is -2.32. The summed E-state index contributed by atoms with van der Waals surface area (Å²) in [5.41, 5.74) is 5.87. The molecule has 2 heteroatoms. The van der Waals surface area contributed by atoms with Crippen LogP contribution in [0.2, 0.25) is 0 Å². The van der Waals surface area contributed by atoms with Gasteiger partial charge in [0.2, 0.25) is 0 Å². The minimum absolute atomic E-state index is 0.305. The molecule has 0 N–H and O–H groups in total. The van der Waals surface area contributed by atoms with Crippen molar-refractivity contribution in [2.75, 3.05) is 34.2 Å². The monoisotopic (exact) mass is 383 g/mol. The van der Waals surface area contributed by atoms with Crippen molar-refractivity contribution in [2.45, 2.75) is 60.3 Å². The highest BCUT2D eigenvalue weighted by Crippen LogP contribution is 2.40. The number of hydrogen-bond acceptors (Lipinski definition) is 1. The summed E-state index contributed by atoms with van der Waals surface area (Å²) < 4.78 is 1.00. The van der Waals surface area contributed by atoms with Gasteiger partial charge in [0.1, 0.15) is 0 Å². The highest BCUT2D eigenvalue weighted by molar-refractivity contribution is 5.72. The molecular weight excluding hydrogens is 340 g/mol. The third-order valence-electron chi connectivity index (χ3n) is 5.33. The summed E-state index contributed by atoms with van der Waals surface area (Å²) in [6.07, 6.45) is 20.0. The first-order valence-corrected chi connectivity index (χ1v) is 10.7. The van der Waals surface area contributed by atoms with Crippen LogP contribution in [0.5, 0.6) is 0 Å². The Morgan fingerprint density at radius 2 is 1.75 bits per heavy atom. The average molecular weight is 384 g/mol. The molecule has 1 aliphatic rings. The SMILES string of the molecule is CC1=C(/C=C/C(C)=C/C=C/C(C)=C/C=NCCC[N+](C)(C)C)C(C)(C)CCC1. The van der Waals surface area contributed by atoms with Crippen LogP contribution < -0.4 is 0 Å². The van der Waals surface area contributed by atoms with E-state index < -0.39 is 0 Å². The summed E-state index contributed by atoms with van der Waals surface area (Å²) in [7, 11) is 6.66. The molecule has 0 aromatic carbocycles. The number of hydrogen-bond donors (Lipinski definition) is 0. The van der Waals surface area contributed by atoms with Gasteiger partial charge in [0, 0.05) is 19.2 Å². The molecule has 0 heterocycles. The lowest BCUT2D eigenvalue weighted by Crippen LogP contribution is -2.35. The average Bonchev–Trinajstić information content (AvgIpc) is 2.56. The van der Waals surface area contributed by atoms with Gasteiger partial charge in [0.15, 0.2) is 0 Å². The molecule has 0 aliphatic heterocycles. The molecule has 0 radical (unpaired) electrons. The van der Waals surface area contributed by atoms with Crippen LogP contribution in [0.25, 0.3) is 0 Å². The van der Waals surface area contributed by atoms with Crippen molar-refractivity contribution in [3.8, 4) is 0 Å². The highest BCUT2D eigenvalue weighted by Gasteiger charge is 2.26. The molecule has 0 spiro atoms. The first kappa shape index (κ1) is 24.4. The largest absolute Gasteiger partial charge is 0.331 e. The van der Waals surface area contributed by atoms with Crippen LogP contribution in [0.3, 0.4) is 0 Å². The van der Waals surface area contributed by atoms with Crippen LogP contribution >= 0.6 is 0 Å². The third kappa shape index (κ3) is 10.0. The normalized spacial score (nSPS) is 19.6. The maximum absolute atomic E-state index is 4.48. The van der Waals surface area contributed by atoms with Crippen LogP contribution in [-0.2, 0) is 0 Å². The minimum atomic E-state index is 0.305. The molecule has 2 nitrogen and oxygen atoms in total. The zero-order valence-corrected chi connectivity index (χ0v) is 19.7. The maximum Gasteiger partial charge on any atom is 0.0798 e. The number of nitrogens with zero attached hydrogens (tertiary/aromatic N) is 2. The van der Waals surface area contributed by atoms with Crippen molar-refractivity contribution in [3.63, 3.8) is 0 Å². The number of quaternary nitrogens is 1. The van der Waals surface area contributed by atoms with Crippen LogP contribution in [-0.4, -0.2) is 44.9 Å². The molecule has 0 unspecified atom stereocenters. The molecular formula is C26H43N2+. The van der Waals surface area contributed by atoms with Crippen LogP contribution in [0.4, 0.5) is 0 Å². The van der Waals surface area contributed by atoms with Gasteiger partial charge in [-0.3, -0.25) is 4.99 Å². The molecule has 156 valence electrons. The van der Waals surface area contributed by atoms with Gasteiger partial charge >= 0.3 is 0 Å². The molecule has 0 aromatic rings. The molecule has 0 amide bonds. The van der Waals surface area contributed by atoms with E-state index in [2.05, 4.69) is 97.2 Å². The molecule has 0 saturated carbocycles. The molecule has 1 aliphatic carbocycles. The highest BCUT2D eigenvalue weighted by atomic mass is 15.3. The Kier molecular flexibility index (Phi) is 9.89. The van der Waals surface area contributed by atoms with E-state index in [1.807, 2.05) is 6.21 Å². The second-order valence-electron chi connectivity index (χ2n) is 9.87. The van der Waals surface area contributed by atoms with E-state index >= 15 is 0 Å². The van der Waals surface area contributed by atoms with Crippen molar-refractivity contribution in [2.24, 2.45) is 10.4 Å². The number of allylic oxidation sites excluding steroid dienone is 10. The summed E-state index contributed by atoms with van der Waals surface area (Å²) in [6, 6.07) is 0. The van der Waals surface area contributed by atoms with Gasteiger partial charge in [-0.1, -0.05) is 55.4 Å². The maximum atomic E-state index is 4.48. The van der Waals surface area contributed by atoms with Crippen LogP contribution in [0.15, 0.2) is 63.7 Å². The molecule has 0 bridgehead atoms. The third-order valence-corrected chi connectivity index (χ3v) is 5.33. The van der Waals surface area contributed by atoms with E-state index in [9.17, 15) is 0 Å². The van der Waals surface area contributed by atoms with Gasteiger partial charge in [-0.2, -0.15) is 0 Å². The van der Waals surface area contributed by atoms with Crippen molar-refractivity contribution >= 4 is 6.21 Å². The Morgan fingerprint density at radius 3 is 2.39 bits per heavy atom. The summed E-state index contributed by atoms with van der Waals surface area (Å²) in [5.74, 6) is 0. The Morgan fingerprint density at radius 1 is 1.07 bits per heavy atom. The molecule has 28 heavy (non-hydrogen) atoms. The van der Waals surface area contributed by atoms with E-state index in [0.717, 1.165) is 24.0 Å². The van der Waals surface area contributed by atoms with Crippen molar-refractivity contribution in [1.82, 2.24) is 0 Å². The number of aliphatic imine (C=N–C) groups is 1. The van der Waals surface area contributed by atoms with E-state index in [1.165, 1.54) is 36.0 Å². The van der Waals surface area contributed by atoms with Gasteiger partial charge in [-0.15, -0.1) is 0 Å². The summed E-state index contributed by atoms with van der Waals surface area (Å²) in [6.45, 7) is 13.4. The first-order valence-electron chi connectivity index (χ1n) is 10.7. The van der Waals surface area contributed by atoms with Gasteiger partial charge in [0.05, 0.1) is 27.7 Å². The first-order chi connectivity index (χ1) is 13.0. The van der Waals surface area contributed by atoms with Crippen LogP contribution in [0, 0.1) is 5.41 Å². The summed E-state index contributed by atoms with van der Waals surface area (Å²) in [5, 5.41) is 0. The fourth-order valence-electron chi connectivity index (χ4n) is 3.57. The molecule has 0 aromatic heterocycles. The fourth-order valence-corrected chi connectivity index (χ4v) is 3.57. The lowest BCUT2D eigenvalue weighted by molar-refractivity contribution is -0.870. The van der Waals surface area contributed by atoms with Crippen molar-refractivity contribution in [1.29, 1.82) is 0 Å². The topological polar surface area (TPSA) is 12.4 Å². The zero-order chi connectivity index (χ0) is 21.2. The van der Waals surface area contributed by atoms with Gasteiger partial charge < -0.3 is 4.48 Å². The predicted octanol–water partition coefficient (Wildman–Crippen LogP) is 6.69. The fraction of sp³-hybridized carbons (Fsp3) is 0.577. The van der Waals surface area contributed by atoms with Gasteiger partial charge in [-0.25, -0.2) is 0 Å². The van der Waals surface area contributed by atoms with E-state index in [-0.39, 0.29) is 0 Å². The number of rotatable bonds is 9. The molecule has 0 saturated heterocycles. The van der Waals surface area contributed by atoms with Gasteiger partial charge in [-0.05, 0) is 62.7 Å². The van der Waals surface area contributed by atoms with E-state index in [0.29, 0.717) is 5.41 Å². The van der Waals surface area contributed by atoms with Gasteiger partial charge in [0.25, 0.3) is 0 Å². The smallest absolute Gasteiger partial charge is 0.0798 e. The molecule has 0 atom stereocenters. The molecule has 1 rings (SSSR count). The molecule has 0 fully saturated rings. The zero-order valence-electron chi connectivity index (χ0n) is 19.7. The van der Waals surface area contributed by atoms with Crippen molar-refractivity contribution in [3.05, 3.63) is 58.7 Å². The summed E-state index contributed by atoms with van der Waals surface area (Å²) >= 11 is 0. The Balaban J connectivity index is 2.54. The second kappa shape index (κ2) is 11.4. The Labute approximate surface area is 174 Å². The van der Waals surface area contributed by atoms with Crippen LogP contribution in [0.1, 0.15) is 60.3 Å². The quantitative estimate of drug-likeness (QED) is 0.182. The van der Waals surface area contributed by atoms with Crippen molar-refractivity contribution < 1.29 is 4.48 Å². The lowest BCUT2D eigenvalue weighted by atomic mass is 9.72. The summed E-state index contributed by atoms with van der Waals surface area (Å²) in [4.78, 5) is 4.48. The minimum Gasteiger partial charge on any atom is -0.331 e. The Hall–Kier alpha value is -1.67. The standard InChI is InChI=1S/C26H43N2/c1-22(15-16-25-24(3)14-10-18-26(25,4)5)12-9-13-23(2)17-20-27-19-11-21-28(6,7)8/h9,12-13,15-17,20H,10-11,14,18-19,21H2,1-8H3/q+1/b13-9+,16-15+,22-12+,23-17+,27-20?. The Bertz CT molecular complexity index is 674. The van der Waals surface area contributed by atoms with E-state index in [4.69, 9.17) is 0 Å². The second-order valence-corrected chi connectivity index (χ2v) is 9.87. The predicted molar refractivity (Wildman–Crippen MR) is 127 cm³/mol. The van der Waals surface area contributed by atoms with E-state index in [1.54, 1.807) is 5.57 Å².